The fourth-order valence-electron chi connectivity index (χ4n) is 3.42. The summed E-state index contributed by atoms with van der Waals surface area (Å²) in [5.41, 5.74) is 2.11. The van der Waals surface area contributed by atoms with Crippen LogP contribution in [0.25, 0.3) is 11.0 Å². The highest BCUT2D eigenvalue weighted by molar-refractivity contribution is 5.74. The number of nitrogens with zero attached hydrogens (tertiary/aromatic N) is 4. The standard InChI is InChI=1S/C18H23N5O2/c1-24-10-8-16-21-18(25-22-16)13-5-4-9-23(11-13)12-17-19-14-6-2-3-7-15(14)20-17/h2-3,6-7,13H,4-5,8-12H2,1H3,(H,19,20)/t13-/m1/s1. The van der Waals surface area contributed by atoms with Crippen LogP contribution in [0.4, 0.5) is 0 Å². The number of piperidine rings is 1. The quantitative estimate of drug-likeness (QED) is 0.742. The van der Waals surface area contributed by atoms with Crippen LogP contribution >= 0.6 is 0 Å². The molecule has 0 radical (unpaired) electrons. The first-order chi connectivity index (χ1) is 12.3. The van der Waals surface area contributed by atoms with Crippen LogP contribution in [0, 0.1) is 0 Å². The fourth-order valence-corrected chi connectivity index (χ4v) is 3.42. The number of aromatic amines is 1. The van der Waals surface area contributed by atoms with Crippen molar-refractivity contribution in [3.63, 3.8) is 0 Å². The van der Waals surface area contributed by atoms with E-state index < -0.39 is 0 Å². The van der Waals surface area contributed by atoms with Crippen molar-refractivity contribution in [2.24, 2.45) is 0 Å². The van der Waals surface area contributed by atoms with E-state index in [1.807, 2.05) is 18.2 Å². The van der Waals surface area contributed by atoms with Crippen molar-refractivity contribution in [2.45, 2.75) is 31.7 Å². The van der Waals surface area contributed by atoms with E-state index in [1.165, 1.54) is 0 Å². The number of hydrogen-bond acceptors (Lipinski definition) is 6. The van der Waals surface area contributed by atoms with Gasteiger partial charge in [-0.25, -0.2) is 4.98 Å². The Balaban J connectivity index is 1.41. The molecular formula is C18H23N5O2. The fraction of sp³-hybridized carbons (Fsp3) is 0.500. The molecule has 132 valence electrons. The molecule has 7 nitrogen and oxygen atoms in total. The molecule has 4 rings (SSSR count). The minimum atomic E-state index is 0.293. The van der Waals surface area contributed by atoms with Gasteiger partial charge in [0, 0.05) is 20.1 Å². The second kappa shape index (κ2) is 7.33. The molecule has 0 spiro atoms. The second-order valence-corrected chi connectivity index (χ2v) is 6.57. The molecule has 3 aromatic rings. The normalized spacial score (nSPS) is 18.8. The first-order valence-corrected chi connectivity index (χ1v) is 8.79. The van der Waals surface area contributed by atoms with Crippen LogP contribution in [0.5, 0.6) is 0 Å². The van der Waals surface area contributed by atoms with E-state index in [2.05, 4.69) is 31.1 Å². The number of nitrogens with one attached hydrogen (secondary N) is 1. The summed E-state index contributed by atoms with van der Waals surface area (Å²) in [6.45, 7) is 3.42. The first-order valence-electron chi connectivity index (χ1n) is 8.79. The Morgan fingerprint density at radius 2 is 2.24 bits per heavy atom. The molecule has 0 amide bonds. The van der Waals surface area contributed by atoms with Gasteiger partial charge >= 0.3 is 0 Å². The van der Waals surface area contributed by atoms with Crippen LogP contribution in [0.15, 0.2) is 28.8 Å². The number of methoxy groups -OCH3 is 1. The largest absolute Gasteiger partial charge is 0.384 e. The van der Waals surface area contributed by atoms with Crippen molar-refractivity contribution in [1.29, 1.82) is 0 Å². The molecule has 0 saturated carbocycles. The zero-order valence-corrected chi connectivity index (χ0v) is 14.4. The zero-order chi connectivity index (χ0) is 17.1. The van der Waals surface area contributed by atoms with Crippen molar-refractivity contribution < 1.29 is 9.26 Å². The Bertz CT molecular complexity index is 795. The summed E-state index contributed by atoms with van der Waals surface area (Å²) in [6, 6.07) is 8.14. The van der Waals surface area contributed by atoms with Gasteiger partial charge in [0.15, 0.2) is 5.82 Å². The number of fused-ring (bicyclic) bond motifs is 1. The molecule has 1 aromatic carbocycles. The lowest BCUT2D eigenvalue weighted by atomic mass is 9.98. The van der Waals surface area contributed by atoms with Gasteiger partial charge in [-0.3, -0.25) is 4.90 Å². The van der Waals surface area contributed by atoms with Crippen LogP contribution in [0.3, 0.4) is 0 Å². The minimum absolute atomic E-state index is 0.293. The van der Waals surface area contributed by atoms with Crippen molar-refractivity contribution in [3.05, 3.63) is 41.8 Å². The summed E-state index contributed by atoms with van der Waals surface area (Å²) < 4.78 is 10.5. The average Bonchev–Trinajstić information content (AvgIpc) is 3.26. The van der Waals surface area contributed by atoms with E-state index in [0.29, 0.717) is 18.9 Å². The van der Waals surface area contributed by atoms with Crippen LogP contribution in [-0.4, -0.2) is 51.8 Å². The number of hydrogen-bond donors (Lipinski definition) is 1. The smallest absolute Gasteiger partial charge is 0.231 e. The molecule has 25 heavy (non-hydrogen) atoms. The zero-order valence-electron chi connectivity index (χ0n) is 14.4. The Hall–Kier alpha value is -2.25. The first kappa shape index (κ1) is 16.2. The summed E-state index contributed by atoms with van der Waals surface area (Å²) in [5, 5.41) is 4.06. The highest BCUT2D eigenvalue weighted by atomic mass is 16.5. The molecule has 1 N–H and O–H groups in total. The number of benzene rings is 1. The van der Waals surface area contributed by atoms with Gasteiger partial charge in [-0.1, -0.05) is 17.3 Å². The van der Waals surface area contributed by atoms with Crippen molar-refractivity contribution in [3.8, 4) is 0 Å². The van der Waals surface area contributed by atoms with Gasteiger partial charge in [-0.2, -0.15) is 4.98 Å². The third kappa shape index (κ3) is 3.72. The molecule has 0 bridgehead atoms. The molecule has 3 heterocycles. The van der Waals surface area contributed by atoms with Gasteiger partial charge < -0.3 is 14.2 Å². The van der Waals surface area contributed by atoms with Gasteiger partial charge in [0.05, 0.1) is 30.1 Å². The Morgan fingerprint density at radius 1 is 1.32 bits per heavy atom. The summed E-state index contributed by atoms with van der Waals surface area (Å²) in [5.74, 6) is 2.78. The van der Waals surface area contributed by atoms with Crippen LogP contribution < -0.4 is 0 Å². The van der Waals surface area contributed by atoms with Crippen LogP contribution in [-0.2, 0) is 17.7 Å². The summed E-state index contributed by atoms with van der Waals surface area (Å²) in [6.07, 6.45) is 2.90. The van der Waals surface area contributed by atoms with Crippen molar-refractivity contribution in [1.82, 2.24) is 25.0 Å². The molecule has 1 aliphatic heterocycles. The lowest BCUT2D eigenvalue weighted by molar-refractivity contribution is 0.177. The topological polar surface area (TPSA) is 80.1 Å². The second-order valence-electron chi connectivity index (χ2n) is 6.57. The molecule has 1 saturated heterocycles. The van der Waals surface area contributed by atoms with E-state index in [0.717, 1.165) is 61.0 Å². The van der Waals surface area contributed by atoms with E-state index in [-0.39, 0.29) is 0 Å². The molecule has 1 aliphatic rings. The maximum absolute atomic E-state index is 5.48. The summed E-state index contributed by atoms with van der Waals surface area (Å²) in [7, 11) is 1.68. The number of likely N-dealkylation sites (tertiary alicyclic amines) is 1. The third-order valence-corrected chi connectivity index (χ3v) is 4.68. The van der Waals surface area contributed by atoms with Crippen LogP contribution in [0.2, 0.25) is 0 Å². The van der Waals surface area contributed by atoms with Crippen molar-refractivity contribution in [2.75, 3.05) is 26.8 Å². The number of rotatable bonds is 6. The van der Waals surface area contributed by atoms with Gasteiger partial charge in [0.1, 0.15) is 5.82 Å². The average molecular weight is 341 g/mol. The molecule has 0 aliphatic carbocycles. The molecule has 2 aromatic heterocycles. The maximum atomic E-state index is 5.48. The Labute approximate surface area is 146 Å². The highest BCUT2D eigenvalue weighted by Gasteiger charge is 2.26. The molecule has 7 heteroatoms. The lowest BCUT2D eigenvalue weighted by Gasteiger charge is -2.30. The predicted octanol–water partition coefficient (Wildman–Crippen LogP) is 2.51. The molecule has 1 fully saturated rings. The Morgan fingerprint density at radius 3 is 3.12 bits per heavy atom. The van der Waals surface area contributed by atoms with Gasteiger partial charge in [-0.15, -0.1) is 0 Å². The maximum Gasteiger partial charge on any atom is 0.231 e. The number of aromatic nitrogens is 4. The van der Waals surface area contributed by atoms with E-state index in [4.69, 9.17) is 9.26 Å². The van der Waals surface area contributed by atoms with E-state index >= 15 is 0 Å². The summed E-state index contributed by atoms with van der Waals surface area (Å²) in [4.78, 5) is 15.0. The molecule has 0 unspecified atom stereocenters. The lowest BCUT2D eigenvalue weighted by Crippen LogP contribution is -2.34. The minimum Gasteiger partial charge on any atom is -0.384 e. The number of imidazole rings is 1. The van der Waals surface area contributed by atoms with Crippen molar-refractivity contribution >= 4 is 11.0 Å². The number of para-hydroxylation sites is 2. The van der Waals surface area contributed by atoms with E-state index in [1.54, 1.807) is 7.11 Å². The van der Waals surface area contributed by atoms with Gasteiger partial charge in [0.2, 0.25) is 5.89 Å². The Kier molecular flexibility index (Phi) is 4.76. The monoisotopic (exact) mass is 341 g/mol. The molecular weight excluding hydrogens is 318 g/mol. The highest BCUT2D eigenvalue weighted by Crippen LogP contribution is 2.26. The SMILES string of the molecule is COCCc1noc([C@@H]2CCCN(Cc3nc4ccccc4[nH]3)C2)n1. The number of ether oxygens (including phenoxy) is 1. The predicted molar refractivity (Wildman–Crippen MR) is 93.2 cm³/mol. The summed E-state index contributed by atoms with van der Waals surface area (Å²) >= 11 is 0. The van der Waals surface area contributed by atoms with Crippen LogP contribution in [0.1, 0.15) is 36.3 Å². The van der Waals surface area contributed by atoms with Gasteiger partial charge in [-0.05, 0) is 31.5 Å². The third-order valence-electron chi connectivity index (χ3n) is 4.68. The number of H-pyrrole nitrogens is 1. The van der Waals surface area contributed by atoms with E-state index in [9.17, 15) is 0 Å². The molecule has 1 atom stereocenters. The van der Waals surface area contributed by atoms with Gasteiger partial charge in [0.25, 0.3) is 0 Å².